The highest BCUT2D eigenvalue weighted by molar-refractivity contribution is 8.24. The number of hydrogen-bond donors (Lipinski definition) is 2. The Morgan fingerprint density at radius 1 is 1.86 bits per heavy atom. The zero-order valence-electron chi connectivity index (χ0n) is 7.77. The van der Waals surface area contributed by atoms with E-state index in [2.05, 4.69) is 10.3 Å². The second kappa shape index (κ2) is 5.43. The fourth-order valence-corrected chi connectivity index (χ4v) is 2.05. The van der Waals surface area contributed by atoms with Gasteiger partial charge in [0.2, 0.25) is 5.91 Å². The number of thioether (sulfide) groups is 1. The monoisotopic (exact) mass is 232 g/mol. The Labute approximate surface area is 92.2 Å². The van der Waals surface area contributed by atoms with Crippen LogP contribution >= 0.6 is 24.0 Å². The molecule has 1 aliphatic heterocycles. The van der Waals surface area contributed by atoms with Gasteiger partial charge in [-0.15, -0.1) is 0 Å². The first-order valence-electron chi connectivity index (χ1n) is 4.33. The first-order chi connectivity index (χ1) is 6.67. The van der Waals surface area contributed by atoms with Crippen LogP contribution in [-0.2, 0) is 4.79 Å². The van der Waals surface area contributed by atoms with Crippen molar-refractivity contribution >= 4 is 40.4 Å². The second-order valence-electron chi connectivity index (χ2n) is 2.86. The van der Waals surface area contributed by atoms with Gasteiger partial charge in [-0.3, -0.25) is 9.79 Å². The van der Waals surface area contributed by atoms with Gasteiger partial charge in [0, 0.05) is 6.21 Å². The SMILES string of the molecule is CC[C@H](CO)N=CC1SC(=S)NC1=O. The molecule has 4 nitrogen and oxygen atoms in total. The first-order valence-corrected chi connectivity index (χ1v) is 5.61. The van der Waals surface area contributed by atoms with Crippen molar-refractivity contribution in [3.63, 3.8) is 0 Å². The standard InChI is InChI=1S/C8H12N2O2S2/c1-2-5(4-11)9-3-6-7(12)10-8(13)14-6/h3,5-6,11H,2,4H2,1H3,(H,10,12,13)/t5-,6?/m1/s1. The highest BCUT2D eigenvalue weighted by Gasteiger charge is 2.27. The number of carbonyl (C=O) groups is 1. The maximum Gasteiger partial charge on any atom is 0.244 e. The van der Waals surface area contributed by atoms with Crippen LogP contribution in [0.4, 0.5) is 0 Å². The summed E-state index contributed by atoms with van der Waals surface area (Å²) in [5.41, 5.74) is 0. The van der Waals surface area contributed by atoms with Crippen LogP contribution in [-0.4, -0.2) is 39.4 Å². The first kappa shape index (κ1) is 11.6. The Kier molecular flexibility index (Phi) is 4.50. The van der Waals surface area contributed by atoms with Crippen LogP contribution < -0.4 is 5.32 Å². The van der Waals surface area contributed by atoms with Gasteiger partial charge in [0.15, 0.2) is 0 Å². The van der Waals surface area contributed by atoms with Gasteiger partial charge in [-0.2, -0.15) is 0 Å². The summed E-state index contributed by atoms with van der Waals surface area (Å²) < 4.78 is 0.489. The lowest BCUT2D eigenvalue weighted by Gasteiger charge is -2.04. The van der Waals surface area contributed by atoms with Crippen molar-refractivity contribution < 1.29 is 9.90 Å². The number of hydrogen-bond acceptors (Lipinski definition) is 5. The number of rotatable bonds is 4. The summed E-state index contributed by atoms with van der Waals surface area (Å²) >= 11 is 6.11. The lowest BCUT2D eigenvalue weighted by Crippen LogP contribution is -2.25. The molecule has 0 radical (unpaired) electrons. The van der Waals surface area contributed by atoms with E-state index >= 15 is 0 Å². The molecular weight excluding hydrogens is 220 g/mol. The number of nitrogens with zero attached hydrogens (tertiary/aromatic N) is 1. The number of carbonyl (C=O) groups excluding carboxylic acids is 1. The van der Waals surface area contributed by atoms with Gasteiger partial charge in [-0.1, -0.05) is 30.9 Å². The van der Waals surface area contributed by atoms with Gasteiger partial charge in [0.05, 0.1) is 12.6 Å². The molecule has 2 atom stereocenters. The normalized spacial score (nSPS) is 24.3. The number of aliphatic hydroxyl groups is 1. The van der Waals surface area contributed by atoms with E-state index in [1.165, 1.54) is 11.8 Å². The summed E-state index contributed by atoms with van der Waals surface area (Å²) in [4.78, 5) is 15.3. The summed E-state index contributed by atoms with van der Waals surface area (Å²) in [7, 11) is 0. The van der Waals surface area contributed by atoms with E-state index in [0.29, 0.717) is 4.32 Å². The maximum absolute atomic E-state index is 11.2. The van der Waals surface area contributed by atoms with Crippen LogP contribution in [0.3, 0.4) is 0 Å². The van der Waals surface area contributed by atoms with Crippen LogP contribution in [0.25, 0.3) is 0 Å². The minimum absolute atomic E-state index is 0.0104. The number of thiocarbonyl (C=S) groups is 1. The molecule has 0 aliphatic carbocycles. The average Bonchev–Trinajstić information content (AvgIpc) is 2.47. The predicted octanol–water partition coefficient (Wildman–Crippen LogP) is 0.345. The van der Waals surface area contributed by atoms with E-state index in [0.717, 1.165) is 6.42 Å². The molecule has 0 aromatic heterocycles. The molecular formula is C8H12N2O2S2. The zero-order valence-corrected chi connectivity index (χ0v) is 9.40. The van der Waals surface area contributed by atoms with Crippen molar-refractivity contribution in [2.75, 3.05) is 6.61 Å². The molecule has 0 aromatic rings. The van der Waals surface area contributed by atoms with Crippen LogP contribution in [0, 0.1) is 0 Å². The van der Waals surface area contributed by atoms with Gasteiger partial charge in [0.1, 0.15) is 9.57 Å². The molecule has 1 saturated heterocycles. The van der Waals surface area contributed by atoms with Crippen molar-refractivity contribution in [3.8, 4) is 0 Å². The van der Waals surface area contributed by atoms with Gasteiger partial charge in [0.25, 0.3) is 0 Å². The molecule has 1 amide bonds. The van der Waals surface area contributed by atoms with Gasteiger partial charge in [-0.25, -0.2) is 0 Å². The molecule has 1 heterocycles. The van der Waals surface area contributed by atoms with Gasteiger partial charge >= 0.3 is 0 Å². The summed E-state index contributed by atoms with van der Waals surface area (Å²) in [5, 5.41) is 11.1. The quantitative estimate of drug-likeness (QED) is 0.542. The molecule has 1 fully saturated rings. The van der Waals surface area contributed by atoms with Crippen molar-refractivity contribution in [2.45, 2.75) is 24.6 Å². The van der Waals surface area contributed by atoms with E-state index in [1.54, 1.807) is 6.21 Å². The lowest BCUT2D eigenvalue weighted by molar-refractivity contribution is -0.117. The van der Waals surface area contributed by atoms with Gasteiger partial charge in [-0.05, 0) is 6.42 Å². The Balaban J connectivity index is 2.51. The number of aliphatic imine (C=N–C) groups is 1. The molecule has 0 aromatic carbocycles. The highest BCUT2D eigenvalue weighted by Crippen LogP contribution is 2.17. The molecule has 78 valence electrons. The van der Waals surface area contributed by atoms with E-state index in [1.807, 2.05) is 6.92 Å². The minimum Gasteiger partial charge on any atom is -0.394 e. The Morgan fingerprint density at radius 2 is 2.57 bits per heavy atom. The fourth-order valence-electron chi connectivity index (χ4n) is 0.950. The zero-order chi connectivity index (χ0) is 10.6. The van der Waals surface area contributed by atoms with E-state index in [-0.39, 0.29) is 23.8 Å². The molecule has 1 rings (SSSR count). The molecule has 6 heteroatoms. The molecule has 1 aliphatic rings. The van der Waals surface area contributed by atoms with Crippen molar-refractivity contribution in [1.29, 1.82) is 0 Å². The number of aliphatic hydroxyl groups excluding tert-OH is 1. The van der Waals surface area contributed by atoms with Crippen LogP contribution in [0.1, 0.15) is 13.3 Å². The fraction of sp³-hybridized carbons (Fsp3) is 0.625. The van der Waals surface area contributed by atoms with Crippen molar-refractivity contribution in [3.05, 3.63) is 0 Å². The van der Waals surface area contributed by atoms with E-state index in [4.69, 9.17) is 17.3 Å². The summed E-state index contributed by atoms with van der Waals surface area (Å²) in [6.07, 6.45) is 2.32. The van der Waals surface area contributed by atoms with Crippen LogP contribution in [0.15, 0.2) is 4.99 Å². The molecule has 0 saturated carbocycles. The molecule has 0 spiro atoms. The van der Waals surface area contributed by atoms with Gasteiger partial charge < -0.3 is 10.4 Å². The molecule has 0 bridgehead atoms. The van der Waals surface area contributed by atoms with E-state index < -0.39 is 0 Å². The highest BCUT2D eigenvalue weighted by atomic mass is 32.2. The third-order valence-electron chi connectivity index (χ3n) is 1.83. The number of nitrogens with one attached hydrogen (secondary N) is 1. The Hall–Kier alpha value is -0.460. The molecule has 1 unspecified atom stereocenters. The molecule has 14 heavy (non-hydrogen) atoms. The average molecular weight is 232 g/mol. The third-order valence-corrected chi connectivity index (χ3v) is 3.13. The predicted molar refractivity (Wildman–Crippen MR) is 61.8 cm³/mol. The largest absolute Gasteiger partial charge is 0.394 e. The lowest BCUT2D eigenvalue weighted by atomic mass is 10.2. The third kappa shape index (κ3) is 3.04. The van der Waals surface area contributed by atoms with Crippen LogP contribution in [0.5, 0.6) is 0 Å². The summed E-state index contributed by atoms with van der Waals surface area (Å²) in [6, 6.07) is -0.113. The topological polar surface area (TPSA) is 61.7 Å². The summed E-state index contributed by atoms with van der Waals surface area (Å²) in [6.45, 7) is 1.95. The van der Waals surface area contributed by atoms with E-state index in [9.17, 15) is 4.79 Å². The summed E-state index contributed by atoms with van der Waals surface area (Å²) in [5.74, 6) is -0.128. The number of amides is 1. The van der Waals surface area contributed by atoms with Crippen molar-refractivity contribution in [2.24, 2.45) is 4.99 Å². The minimum atomic E-state index is -0.330. The second-order valence-corrected chi connectivity index (χ2v) is 4.68. The Bertz CT molecular complexity index is 264. The Morgan fingerprint density at radius 3 is 3.00 bits per heavy atom. The van der Waals surface area contributed by atoms with Crippen molar-refractivity contribution in [1.82, 2.24) is 5.32 Å². The van der Waals surface area contributed by atoms with Crippen LogP contribution in [0.2, 0.25) is 0 Å². The molecule has 2 N–H and O–H groups in total. The smallest absolute Gasteiger partial charge is 0.244 e. The maximum atomic E-state index is 11.2.